The van der Waals surface area contributed by atoms with Gasteiger partial charge in [-0.2, -0.15) is 18.3 Å². The Hall–Kier alpha value is -3.49. The highest BCUT2D eigenvalue weighted by atomic mass is 19.4. The molecule has 0 atom stereocenters. The van der Waals surface area contributed by atoms with Gasteiger partial charge < -0.3 is 14.8 Å². The largest absolute Gasteiger partial charge is 0.493 e. The third-order valence-corrected chi connectivity index (χ3v) is 4.71. The van der Waals surface area contributed by atoms with Gasteiger partial charge in [0.05, 0.1) is 31.2 Å². The average Bonchev–Trinajstić information content (AvgIpc) is 3.15. The van der Waals surface area contributed by atoms with E-state index in [1.807, 2.05) is 6.92 Å². The second-order valence-electron chi connectivity index (χ2n) is 6.77. The van der Waals surface area contributed by atoms with E-state index < -0.39 is 17.6 Å². The second kappa shape index (κ2) is 9.11. The summed E-state index contributed by atoms with van der Waals surface area (Å²) in [6.07, 6.45) is -3.04. The number of benzene rings is 2. The molecule has 3 aromatic rings. The van der Waals surface area contributed by atoms with E-state index in [1.54, 1.807) is 18.2 Å². The summed E-state index contributed by atoms with van der Waals surface area (Å²) in [5.41, 5.74) is 1.52. The number of nitrogens with one attached hydrogen (secondary N) is 2. The van der Waals surface area contributed by atoms with Crippen molar-refractivity contribution in [1.82, 2.24) is 10.2 Å². The zero-order valence-corrected chi connectivity index (χ0v) is 17.3. The third-order valence-electron chi connectivity index (χ3n) is 4.71. The van der Waals surface area contributed by atoms with Crippen LogP contribution in [0.25, 0.3) is 11.3 Å². The fourth-order valence-electron chi connectivity index (χ4n) is 3.13. The Balaban J connectivity index is 1.95. The average molecular weight is 433 g/mol. The quantitative estimate of drug-likeness (QED) is 0.529. The Labute approximate surface area is 177 Å². The number of methoxy groups -OCH3 is 2. The Morgan fingerprint density at radius 1 is 1.06 bits per heavy atom. The minimum absolute atomic E-state index is 0.333. The van der Waals surface area contributed by atoms with Crippen molar-refractivity contribution in [2.75, 3.05) is 19.5 Å². The number of H-pyrrole nitrogens is 1. The smallest absolute Gasteiger partial charge is 0.416 e. The van der Waals surface area contributed by atoms with Crippen molar-refractivity contribution in [2.24, 2.45) is 0 Å². The van der Waals surface area contributed by atoms with E-state index in [1.165, 1.54) is 26.4 Å². The summed E-state index contributed by atoms with van der Waals surface area (Å²) in [6, 6.07) is 9.40. The lowest BCUT2D eigenvalue weighted by atomic mass is 10.1. The number of hydrogen-bond donors (Lipinski definition) is 2. The van der Waals surface area contributed by atoms with Gasteiger partial charge in [0.15, 0.2) is 11.5 Å². The van der Waals surface area contributed by atoms with Crippen LogP contribution in [0.5, 0.6) is 11.5 Å². The fraction of sp³-hybridized carbons (Fsp3) is 0.273. The molecular weight excluding hydrogens is 411 g/mol. The van der Waals surface area contributed by atoms with Crippen molar-refractivity contribution in [2.45, 2.75) is 25.9 Å². The summed E-state index contributed by atoms with van der Waals surface area (Å²) in [5, 5.41) is 9.96. The Kier molecular flexibility index (Phi) is 6.53. The maximum atomic E-state index is 12.9. The van der Waals surface area contributed by atoms with Crippen molar-refractivity contribution in [3.63, 3.8) is 0 Å². The first-order valence-corrected chi connectivity index (χ1v) is 9.56. The molecule has 164 valence electrons. The minimum Gasteiger partial charge on any atom is -0.493 e. The number of alkyl halides is 3. The fourth-order valence-corrected chi connectivity index (χ4v) is 3.13. The molecule has 0 aliphatic carbocycles. The van der Waals surface area contributed by atoms with Gasteiger partial charge in [-0.3, -0.25) is 9.89 Å². The van der Waals surface area contributed by atoms with Crippen LogP contribution in [0.4, 0.5) is 18.9 Å². The van der Waals surface area contributed by atoms with Crippen LogP contribution in [0.15, 0.2) is 42.5 Å². The Morgan fingerprint density at radius 2 is 1.74 bits per heavy atom. The van der Waals surface area contributed by atoms with Crippen molar-refractivity contribution in [1.29, 1.82) is 0 Å². The van der Waals surface area contributed by atoms with Crippen LogP contribution >= 0.6 is 0 Å². The van der Waals surface area contributed by atoms with Gasteiger partial charge in [0.25, 0.3) is 5.91 Å². The summed E-state index contributed by atoms with van der Waals surface area (Å²) in [7, 11) is 2.97. The molecule has 0 spiro atoms. The first kappa shape index (κ1) is 22.2. The number of rotatable bonds is 7. The maximum absolute atomic E-state index is 12.9. The van der Waals surface area contributed by atoms with Crippen LogP contribution in [-0.4, -0.2) is 30.3 Å². The lowest BCUT2D eigenvalue weighted by molar-refractivity contribution is -0.137. The minimum atomic E-state index is -4.43. The molecule has 6 nitrogen and oxygen atoms in total. The van der Waals surface area contributed by atoms with Gasteiger partial charge in [0, 0.05) is 11.1 Å². The van der Waals surface area contributed by atoms with Gasteiger partial charge in [-0.05, 0) is 36.8 Å². The number of ether oxygens (including phenoxy) is 2. The van der Waals surface area contributed by atoms with Crippen LogP contribution in [0.2, 0.25) is 0 Å². The Morgan fingerprint density at radius 3 is 2.32 bits per heavy atom. The van der Waals surface area contributed by atoms with E-state index >= 15 is 0 Å². The highest BCUT2D eigenvalue weighted by molar-refractivity contribution is 6.06. The van der Waals surface area contributed by atoms with E-state index in [0.717, 1.165) is 18.6 Å². The van der Waals surface area contributed by atoms with Crippen molar-refractivity contribution >= 4 is 11.6 Å². The number of aromatic nitrogens is 2. The molecule has 2 aromatic carbocycles. The summed E-state index contributed by atoms with van der Waals surface area (Å²) in [4.78, 5) is 12.9. The van der Waals surface area contributed by atoms with E-state index in [-0.39, 0.29) is 0 Å². The monoisotopic (exact) mass is 433 g/mol. The van der Waals surface area contributed by atoms with Gasteiger partial charge in [0.2, 0.25) is 0 Å². The van der Waals surface area contributed by atoms with E-state index in [9.17, 15) is 18.0 Å². The van der Waals surface area contributed by atoms with Gasteiger partial charge in [-0.15, -0.1) is 0 Å². The van der Waals surface area contributed by atoms with Crippen LogP contribution in [-0.2, 0) is 12.6 Å². The number of aryl methyl sites for hydroxylation is 1. The van der Waals surface area contributed by atoms with Crippen LogP contribution in [0.1, 0.15) is 35.0 Å². The van der Waals surface area contributed by atoms with Crippen molar-refractivity contribution in [3.05, 3.63) is 59.3 Å². The lowest BCUT2D eigenvalue weighted by Crippen LogP contribution is -2.13. The molecule has 0 fully saturated rings. The topological polar surface area (TPSA) is 76.2 Å². The molecule has 0 unspecified atom stereocenters. The molecule has 1 amide bonds. The summed E-state index contributed by atoms with van der Waals surface area (Å²) in [6.45, 7) is 1.97. The SMILES string of the molecule is CCCc1[nH]nc(-c2ccc(C(F)(F)F)cc2)c1NC(=O)c1ccc(OC)c(OC)c1. The lowest BCUT2D eigenvalue weighted by Gasteiger charge is -2.12. The van der Waals surface area contributed by atoms with Gasteiger partial charge in [0.1, 0.15) is 5.69 Å². The van der Waals surface area contributed by atoms with Crippen molar-refractivity contribution < 1.29 is 27.4 Å². The van der Waals surface area contributed by atoms with Crippen LogP contribution in [0.3, 0.4) is 0 Å². The molecule has 0 bridgehead atoms. The molecule has 2 N–H and O–H groups in total. The van der Waals surface area contributed by atoms with E-state index in [0.29, 0.717) is 46.1 Å². The zero-order chi connectivity index (χ0) is 22.6. The molecule has 0 radical (unpaired) electrons. The molecule has 0 saturated heterocycles. The van der Waals surface area contributed by atoms with E-state index in [4.69, 9.17) is 9.47 Å². The first-order chi connectivity index (χ1) is 14.8. The predicted molar refractivity (Wildman–Crippen MR) is 111 cm³/mol. The summed E-state index contributed by atoms with van der Waals surface area (Å²) >= 11 is 0. The highest BCUT2D eigenvalue weighted by Crippen LogP contribution is 2.34. The molecule has 0 saturated carbocycles. The predicted octanol–water partition coefficient (Wildman–Crippen LogP) is 5.32. The number of anilines is 1. The number of halogens is 3. The zero-order valence-electron chi connectivity index (χ0n) is 17.3. The molecule has 0 aliphatic heterocycles. The van der Waals surface area contributed by atoms with Crippen molar-refractivity contribution in [3.8, 4) is 22.8 Å². The molecular formula is C22H22F3N3O3. The highest BCUT2D eigenvalue weighted by Gasteiger charge is 2.30. The van der Waals surface area contributed by atoms with Gasteiger partial charge in [-0.1, -0.05) is 25.5 Å². The number of carbonyl (C=O) groups is 1. The summed E-state index contributed by atoms with van der Waals surface area (Å²) < 4.78 is 49.1. The van der Waals surface area contributed by atoms with Crippen LogP contribution < -0.4 is 14.8 Å². The third kappa shape index (κ3) is 4.82. The molecule has 9 heteroatoms. The number of hydrogen-bond acceptors (Lipinski definition) is 4. The maximum Gasteiger partial charge on any atom is 0.416 e. The molecule has 3 rings (SSSR count). The molecule has 0 aliphatic rings. The van der Waals surface area contributed by atoms with Gasteiger partial charge >= 0.3 is 6.18 Å². The molecule has 31 heavy (non-hydrogen) atoms. The number of nitrogens with zero attached hydrogens (tertiary/aromatic N) is 1. The summed E-state index contributed by atoms with van der Waals surface area (Å²) in [5.74, 6) is 0.478. The first-order valence-electron chi connectivity index (χ1n) is 9.56. The number of amides is 1. The van der Waals surface area contributed by atoms with E-state index in [2.05, 4.69) is 15.5 Å². The normalized spacial score (nSPS) is 11.3. The Bertz CT molecular complexity index is 1060. The van der Waals surface area contributed by atoms with Crippen LogP contribution in [0, 0.1) is 0 Å². The number of aromatic amines is 1. The van der Waals surface area contributed by atoms with Gasteiger partial charge in [-0.25, -0.2) is 0 Å². The second-order valence-corrected chi connectivity index (χ2v) is 6.77. The standard InChI is InChI=1S/C22H22F3N3O3/c1-4-5-16-20(26-21(29)14-8-11-17(30-2)18(12-14)31-3)19(28-27-16)13-6-9-15(10-7-13)22(23,24)25/h6-12H,4-5H2,1-3H3,(H,26,29)(H,27,28). The number of carbonyl (C=O) groups excluding carboxylic acids is 1. The molecule has 1 heterocycles. The molecule has 1 aromatic heterocycles.